The van der Waals surface area contributed by atoms with Crippen molar-refractivity contribution < 1.29 is 23.9 Å². The van der Waals surface area contributed by atoms with Crippen LogP contribution in [0.15, 0.2) is 72.0 Å². The molecule has 0 aromatic heterocycles. The number of nitrogens with zero attached hydrogens (tertiary/aromatic N) is 1. The molecular formula is C25H29NO5. The highest BCUT2D eigenvalue weighted by Gasteiger charge is 2.42. The Balaban J connectivity index is 1.79. The van der Waals surface area contributed by atoms with Crippen LogP contribution in [0.3, 0.4) is 0 Å². The maximum atomic E-state index is 12.9. The number of carbonyl (C=O) groups excluding carboxylic acids is 2. The van der Waals surface area contributed by atoms with Gasteiger partial charge in [0.2, 0.25) is 0 Å². The Labute approximate surface area is 183 Å². The molecule has 0 fully saturated rings. The predicted octanol–water partition coefficient (Wildman–Crippen LogP) is 5.19. The Hall–Kier alpha value is -3.28. The maximum absolute atomic E-state index is 12.9. The summed E-state index contributed by atoms with van der Waals surface area (Å²) >= 11 is 0. The highest BCUT2D eigenvalue weighted by Crippen LogP contribution is 2.33. The van der Waals surface area contributed by atoms with Gasteiger partial charge in [-0.25, -0.2) is 9.59 Å². The van der Waals surface area contributed by atoms with Gasteiger partial charge >= 0.3 is 12.1 Å². The number of amides is 1. The van der Waals surface area contributed by atoms with Crippen molar-refractivity contribution in [2.24, 2.45) is 0 Å². The van der Waals surface area contributed by atoms with E-state index in [9.17, 15) is 9.59 Å². The third-order valence-electron chi connectivity index (χ3n) is 5.22. The average molecular weight is 424 g/mol. The molecule has 1 heterocycles. The topological polar surface area (TPSA) is 65.1 Å². The van der Waals surface area contributed by atoms with Gasteiger partial charge in [-0.05, 0) is 30.4 Å². The minimum atomic E-state index is -0.616. The quantitative estimate of drug-likeness (QED) is 0.520. The van der Waals surface area contributed by atoms with Gasteiger partial charge in [0.1, 0.15) is 24.0 Å². The fourth-order valence-corrected chi connectivity index (χ4v) is 3.57. The highest BCUT2D eigenvalue weighted by atomic mass is 16.7. The molecule has 1 unspecified atom stereocenters. The fourth-order valence-electron chi connectivity index (χ4n) is 3.57. The number of methoxy groups -OCH3 is 1. The Morgan fingerprint density at radius 1 is 0.968 bits per heavy atom. The number of hydrogen-bond acceptors (Lipinski definition) is 5. The molecule has 1 aliphatic rings. The van der Waals surface area contributed by atoms with E-state index in [1.165, 1.54) is 12.2 Å². The molecule has 0 N–H and O–H groups in total. The van der Waals surface area contributed by atoms with Crippen LogP contribution < -0.4 is 0 Å². The molecular weight excluding hydrogens is 394 g/mol. The van der Waals surface area contributed by atoms with Gasteiger partial charge in [-0.1, -0.05) is 74.0 Å². The van der Waals surface area contributed by atoms with Crippen molar-refractivity contribution in [3.05, 3.63) is 83.1 Å². The number of rotatable bonds is 9. The van der Waals surface area contributed by atoms with Crippen molar-refractivity contribution in [1.82, 2.24) is 5.06 Å². The third-order valence-corrected chi connectivity index (χ3v) is 5.22. The third kappa shape index (κ3) is 5.87. The van der Waals surface area contributed by atoms with Crippen LogP contribution in [-0.2, 0) is 32.1 Å². The molecule has 0 saturated heterocycles. The van der Waals surface area contributed by atoms with Crippen LogP contribution in [0.5, 0.6) is 0 Å². The molecule has 0 radical (unpaired) electrons. The van der Waals surface area contributed by atoms with E-state index in [4.69, 9.17) is 14.3 Å². The largest absolute Gasteiger partial charge is 0.466 e. The molecule has 6 heteroatoms. The lowest BCUT2D eigenvalue weighted by atomic mass is 9.97. The Morgan fingerprint density at radius 3 is 2.23 bits per heavy atom. The molecule has 0 saturated carbocycles. The van der Waals surface area contributed by atoms with Gasteiger partial charge in [-0.3, -0.25) is 0 Å². The number of carbonyl (C=O) groups is 2. The zero-order valence-corrected chi connectivity index (χ0v) is 18.1. The second kappa shape index (κ2) is 11.2. The zero-order chi connectivity index (χ0) is 22.1. The summed E-state index contributed by atoms with van der Waals surface area (Å²) in [5.41, 5.74) is 2.40. The molecule has 3 rings (SSSR count). The zero-order valence-electron chi connectivity index (χ0n) is 18.1. The van der Waals surface area contributed by atoms with E-state index in [1.54, 1.807) is 0 Å². The molecule has 0 spiro atoms. The molecule has 1 aliphatic heterocycles. The van der Waals surface area contributed by atoms with Gasteiger partial charge < -0.3 is 14.3 Å². The number of aryl methyl sites for hydroxylation is 1. The number of hydroxylamine groups is 2. The van der Waals surface area contributed by atoms with E-state index >= 15 is 0 Å². The van der Waals surface area contributed by atoms with Gasteiger partial charge in [-0.15, -0.1) is 5.06 Å². The number of esters is 1. The summed E-state index contributed by atoms with van der Waals surface area (Å²) in [6, 6.07) is 18.8. The number of hydrogen-bond donors (Lipinski definition) is 0. The number of unbranched alkanes of at least 4 members (excludes halogenated alkanes) is 1. The predicted molar refractivity (Wildman–Crippen MR) is 117 cm³/mol. The van der Waals surface area contributed by atoms with E-state index in [2.05, 4.69) is 6.92 Å². The standard InChI is InChI=1S/C25H29NO5/c1-3-4-15-22-23(24(27)29-2)21(17-16-19-11-7-5-8-12-19)26(31-22)25(28)30-18-20-13-9-6-10-14-20/h5-14,21H,3-4,15-18H2,1-2H3. The van der Waals surface area contributed by atoms with Gasteiger partial charge in [0.25, 0.3) is 0 Å². The highest BCUT2D eigenvalue weighted by molar-refractivity contribution is 5.91. The van der Waals surface area contributed by atoms with Gasteiger partial charge in [-0.2, -0.15) is 0 Å². The lowest BCUT2D eigenvalue weighted by Gasteiger charge is -2.23. The smallest absolute Gasteiger partial charge is 0.444 e. The van der Waals surface area contributed by atoms with E-state index in [1.807, 2.05) is 60.7 Å². The van der Waals surface area contributed by atoms with E-state index in [-0.39, 0.29) is 6.61 Å². The SMILES string of the molecule is CCCCC1=C(C(=O)OC)C(CCc2ccccc2)N(C(=O)OCc2ccccc2)O1. The van der Waals surface area contributed by atoms with Gasteiger partial charge in [0.05, 0.1) is 7.11 Å². The Morgan fingerprint density at radius 2 is 1.61 bits per heavy atom. The first kappa shape index (κ1) is 22.4. The van der Waals surface area contributed by atoms with Crippen molar-refractivity contribution in [3.63, 3.8) is 0 Å². The van der Waals surface area contributed by atoms with Crippen LogP contribution in [-0.4, -0.2) is 30.3 Å². The second-order valence-corrected chi connectivity index (χ2v) is 7.43. The molecule has 2 aromatic carbocycles. The minimum absolute atomic E-state index is 0.128. The normalized spacial score (nSPS) is 15.5. The van der Waals surface area contributed by atoms with Crippen LogP contribution in [0.25, 0.3) is 0 Å². The Bertz CT molecular complexity index is 895. The van der Waals surface area contributed by atoms with Crippen molar-refractivity contribution in [1.29, 1.82) is 0 Å². The molecule has 1 amide bonds. The summed E-state index contributed by atoms with van der Waals surface area (Å²) in [6.07, 6.45) is 2.92. The lowest BCUT2D eigenvalue weighted by molar-refractivity contribution is -0.137. The first-order valence-electron chi connectivity index (χ1n) is 10.7. The Kier molecular flexibility index (Phi) is 8.10. The lowest BCUT2D eigenvalue weighted by Crippen LogP contribution is -2.38. The summed E-state index contributed by atoms with van der Waals surface area (Å²) in [6.45, 7) is 2.19. The van der Waals surface area contributed by atoms with Gasteiger partial charge in [0.15, 0.2) is 0 Å². The molecule has 164 valence electrons. The fraction of sp³-hybridized carbons (Fsp3) is 0.360. The summed E-state index contributed by atoms with van der Waals surface area (Å²) in [7, 11) is 1.34. The van der Waals surface area contributed by atoms with Gasteiger partial charge in [0, 0.05) is 6.42 Å². The maximum Gasteiger partial charge on any atom is 0.444 e. The van der Waals surface area contributed by atoms with Crippen LogP contribution in [0.4, 0.5) is 4.79 Å². The molecule has 1 atom stereocenters. The van der Waals surface area contributed by atoms with E-state index < -0.39 is 18.1 Å². The second-order valence-electron chi connectivity index (χ2n) is 7.43. The molecule has 2 aromatic rings. The number of ether oxygens (including phenoxy) is 2. The summed E-state index contributed by atoms with van der Waals surface area (Å²) in [5.74, 6) is 0.0194. The van der Waals surface area contributed by atoms with Crippen LogP contribution >= 0.6 is 0 Å². The number of benzene rings is 2. The van der Waals surface area contributed by atoms with Crippen molar-refractivity contribution in [2.45, 2.75) is 51.7 Å². The summed E-state index contributed by atoms with van der Waals surface area (Å²) in [4.78, 5) is 31.4. The van der Waals surface area contributed by atoms with Crippen molar-refractivity contribution in [2.75, 3.05) is 7.11 Å². The molecule has 0 bridgehead atoms. The average Bonchev–Trinajstić information content (AvgIpc) is 3.19. The summed E-state index contributed by atoms with van der Waals surface area (Å²) < 4.78 is 10.5. The summed E-state index contributed by atoms with van der Waals surface area (Å²) in [5, 5.41) is 1.20. The molecule has 0 aliphatic carbocycles. The van der Waals surface area contributed by atoms with Crippen LogP contribution in [0.1, 0.15) is 43.7 Å². The minimum Gasteiger partial charge on any atom is -0.466 e. The molecule has 6 nitrogen and oxygen atoms in total. The van der Waals surface area contributed by atoms with Crippen LogP contribution in [0.2, 0.25) is 0 Å². The van der Waals surface area contributed by atoms with E-state index in [0.717, 1.165) is 24.0 Å². The van der Waals surface area contributed by atoms with E-state index in [0.29, 0.717) is 30.6 Å². The molecule has 31 heavy (non-hydrogen) atoms. The van der Waals surface area contributed by atoms with Crippen molar-refractivity contribution >= 4 is 12.1 Å². The van der Waals surface area contributed by atoms with Crippen molar-refractivity contribution in [3.8, 4) is 0 Å². The number of allylic oxidation sites excluding steroid dienone is 1. The van der Waals surface area contributed by atoms with Crippen LogP contribution in [0, 0.1) is 0 Å². The monoisotopic (exact) mass is 423 g/mol. The first-order valence-corrected chi connectivity index (χ1v) is 10.7. The first-order chi connectivity index (χ1) is 15.1.